The van der Waals surface area contributed by atoms with E-state index in [9.17, 15) is 4.79 Å². The molecule has 0 saturated heterocycles. The highest BCUT2D eigenvalue weighted by Crippen LogP contribution is 2.18. The Hall–Kier alpha value is 0.340. The lowest BCUT2D eigenvalue weighted by molar-refractivity contribution is -0.136. The molecule has 2 unspecified atom stereocenters. The summed E-state index contributed by atoms with van der Waals surface area (Å²) in [5.74, 6) is -0.234. The Morgan fingerprint density at radius 2 is 1.14 bits per heavy atom. The van der Waals surface area contributed by atoms with Crippen molar-refractivity contribution in [2.75, 3.05) is 5.88 Å². The Morgan fingerprint density at radius 1 is 0.762 bits per heavy atom. The van der Waals surface area contributed by atoms with Crippen LogP contribution in [0.4, 0.5) is 0 Å². The lowest BCUT2D eigenvalue weighted by Crippen LogP contribution is -2.24. The van der Waals surface area contributed by atoms with Crippen molar-refractivity contribution in [2.45, 2.75) is 87.8 Å². The second-order valence-corrected chi connectivity index (χ2v) is 7.03. The standard InChI is InChI=1S/C16H29Cl3O2/c17-13-11-9-7-5-3-1-2-4-6-8-10-12-14(18)15(19)16(20)21/h14-15H,1-13H2,(H,20,21). The van der Waals surface area contributed by atoms with E-state index in [0.29, 0.717) is 6.42 Å². The average molecular weight is 360 g/mol. The van der Waals surface area contributed by atoms with Gasteiger partial charge in [0.25, 0.3) is 0 Å². The van der Waals surface area contributed by atoms with E-state index in [0.717, 1.165) is 25.1 Å². The van der Waals surface area contributed by atoms with Gasteiger partial charge in [0, 0.05) is 5.88 Å². The summed E-state index contributed by atoms with van der Waals surface area (Å²) in [5.41, 5.74) is 0. The smallest absolute Gasteiger partial charge is 0.323 e. The minimum Gasteiger partial charge on any atom is -0.480 e. The number of halogens is 3. The lowest BCUT2D eigenvalue weighted by Gasteiger charge is -2.11. The molecule has 0 amide bonds. The molecule has 0 spiro atoms. The van der Waals surface area contributed by atoms with Crippen LogP contribution in [0.1, 0.15) is 77.0 Å². The van der Waals surface area contributed by atoms with Crippen molar-refractivity contribution in [3.63, 3.8) is 0 Å². The van der Waals surface area contributed by atoms with Gasteiger partial charge in [0.05, 0.1) is 5.38 Å². The third kappa shape index (κ3) is 13.7. The number of carbonyl (C=O) groups is 1. The first-order chi connectivity index (χ1) is 10.1. The summed E-state index contributed by atoms with van der Waals surface area (Å²) in [4.78, 5) is 10.6. The van der Waals surface area contributed by atoms with Crippen LogP contribution in [-0.4, -0.2) is 27.7 Å². The molecule has 2 atom stereocenters. The SMILES string of the molecule is O=C(O)C(Cl)C(Cl)CCCCCCCCCCCCCCl. The number of rotatable bonds is 15. The fourth-order valence-electron chi connectivity index (χ4n) is 2.33. The van der Waals surface area contributed by atoms with Crippen LogP contribution in [0.5, 0.6) is 0 Å². The zero-order valence-corrected chi connectivity index (χ0v) is 15.1. The predicted octanol–water partition coefficient (Wildman–Crippen LogP) is 6.21. The van der Waals surface area contributed by atoms with Crippen molar-refractivity contribution in [2.24, 2.45) is 0 Å². The number of carboxylic acid groups (broad SMARTS) is 1. The van der Waals surface area contributed by atoms with Crippen molar-refractivity contribution in [1.82, 2.24) is 0 Å². The molecule has 0 fully saturated rings. The fraction of sp³-hybridized carbons (Fsp3) is 0.938. The van der Waals surface area contributed by atoms with Crippen LogP contribution < -0.4 is 0 Å². The predicted molar refractivity (Wildman–Crippen MR) is 93.0 cm³/mol. The molecule has 0 aliphatic rings. The monoisotopic (exact) mass is 358 g/mol. The van der Waals surface area contributed by atoms with E-state index in [1.54, 1.807) is 0 Å². The van der Waals surface area contributed by atoms with Gasteiger partial charge in [-0.1, -0.05) is 64.2 Å². The Labute approximate surface area is 144 Å². The minimum atomic E-state index is -1.03. The molecule has 0 aromatic rings. The molecule has 0 aliphatic heterocycles. The summed E-state index contributed by atoms with van der Waals surface area (Å²) >= 11 is 17.2. The largest absolute Gasteiger partial charge is 0.480 e. The van der Waals surface area contributed by atoms with E-state index in [1.165, 1.54) is 51.4 Å². The molecular formula is C16H29Cl3O2. The zero-order valence-electron chi connectivity index (χ0n) is 12.8. The first-order valence-corrected chi connectivity index (χ1v) is 9.57. The molecule has 5 heteroatoms. The van der Waals surface area contributed by atoms with Gasteiger partial charge in [-0.3, -0.25) is 4.79 Å². The Balaban J connectivity index is 3.20. The summed E-state index contributed by atoms with van der Waals surface area (Å²) in [6.45, 7) is 0. The maximum atomic E-state index is 10.6. The van der Waals surface area contributed by atoms with E-state index in [4.69, 9.17) is 39.9 Å². The number of carboxylic acids is 1. The number of alkyl halides is 3. The highest BCUT2D eigenvalue weighted by atomic mass is 35.5. The summed E-state index contributed by atoms with van der Waals surface area (Å²) in [6, 6.07) is 0. The van der Waals surface area contributed by atoms with Crippen molar-refractivity contribution in [3.8, 4) is 0 Å². The Morgan fingerprint density at radius 3 is 1.52 bits per heavy atom. The number of aliphatic carboxylic acids is 1. The quantitative estimate of drug-likeness (QED) is 0.279. The van der Waals surface area contributed by atoms with E-state index in [2.05, 4.69) is 0 Å². The van der Waals surface area contributed by atoms with Gasteiger partial charge in [-0.25, -0.2) is 0 Å². The highest BCUT2D eigenvalue weighted by Gasteiger charge is 2.22. The third-order valence-electron chi connectivity index (χ3n) is 3.67. The molecule has 0 bridgehead atoms. The second kappa shape index (κ2) is 15.2. The van der Waals surface area contributed by atoms with E-state index in [1.807, 2.05) is 0 Å². The molecule has 21 heavy (non-hydrogen) atoms. The summed E-state index contributed by atoms with van der Waals surface area (Å²) in [5, 5.41) is 7.29. The molecule has 0 radical (unpaired) electrons. The molecule has 0 aromatic carbocycles. The molecule has 0 rings (SSSR count). The molecule has 2 nitrogen and oxygen atoms in total. The molecule has 0 aromatic heterocycles. The van der Waals surface area contributed by atoms with Crippen molar-refractivity contribution in [1.29, 1.82) is 0 Å². The molecule has 126 valence electrons. The minimum absolute atomic E-state index is 0.461. The van der Waals surface area contributed by atoms with Crippen LogP contribution in [0.25, 0.3) is 0 Å². The van der Waals surface area contributed by atoms with Crippen molar-refractivity contribution in [3.05, 3.63) is 0 Å². The van der Waals surface area contributed by atoms with Gasteiger partial charge in [-0.15, -0.1) is 34.8 Å². The van der Waals surface area contributed by atoms with Crippen LogP contribution in [0.3, 0.4) is 0 Å². The molecule has 0 heterocycles. The van der Waals surface area contributed by atoms with Crippen LogP contribution in [-0.2, 0) is 4.79 Å². The molecule has 0 saturated carbocycles. The summed E-state index contributed by atoms with van der Waals surface area (Å²) < 4.78 is 0. The van der Waals surface area contributed by atoms with Crippen LogP contribution >= 0.6 is 34.8 Å². The number of unbranched alkanes of at least 4 members (excludes halogenated alkanes) is 10. The van der Waals surface area contributed by atoms with Gasteiger partial charge in [-0.05, 0) is 12.8 Å². The maximum absolute atomic E-state index is 10.6. The van der Waals surface area contributed by atoms with Gasteiger partial charge >= 0.3 is 5.97 Å². The zero-order chi connectivity index (χ0) is 15.9. The topological polar surface area (TPSA) is 37.3 Å². The van der Waals surface area contributed by atoms with Crippen molar-refractivity contribution < 1.29 is 9.90 Å². The maximum Gasteiger partial charge on any atom is 0.323 e. The fourth-order valence-corrected chi connectivity index (χ4v) is 2.90. The van der Waals surface area contributed by atoms with Gasteiger partial charge in [0.15, 0.2) is 0 Å². The number of hydrogen-bond donors (Lipinski definition) is 1. The lowest BCUT2D eigenvalue weighted by atomic mass is 10.0. The first kappa shape index (κ1) is 21.3. The van der Waals surface area contributed by atoms with E-state index in [-0.39, 0.29) is 0 Å². The number of hydrogen-bond acceptors (Lipinski definition) is 1. The van der Waals surface area contributed by atoms with E-state index < -0.39 is 16.7 Å². The van der Waals surface area contributed by atoms with Gasteiger partial charge < -0.3 is 5.11 Å². The molecular weight excluding hydrogens is 331 g/mol. The van der Waals surface area contributed by atoms with Gasteiger partial charge in [0.2, 0.25) is 0 Å². The Bertz CT molecular complexity index is 250. The Kier molecular flexibility index (Phi) is 15.5. The second-order valence-electron chi connectivity index (χ2n) is 5.62. The third-order valence-corrected chi connectivity index (χ3v) is 5.02. The van der Waals surface area contributed by atoms with E-state index >= 15 is 0 Å². The summed E-state index contributed by atoms with van der Waals surface area (Å²) in [7, 11) is 0. The normalized spacial score (nSPS) is 14.0. The van der Waals surface area contributed by atoms with Crippen LogP contribution in [0, 0.1) is 0 Å². The van der Waals surface area contributed by atoms with Crippen LogP contribution in [0.15, 0.2) is 0 Å². The average Bonchev–Trinajstić information content (AvgIpc) is 2.47. The highest BCUT2D eigenvalue weighted by molar-refractivity contribution is 6.36. The molecule has 1 N–H and O–H groups in total. The van der Waals surface area contributed by atoms with Crippen molar-refractivity contribution >= 4 is 40.8 Å². The van der Waals surface area contributed by atoms with Crippen LogP contribution in [0.2, 0.25) is 0 Å². The molecule has 0 aliphatic carbocycles. The van der Waals surface area contributed by atoms with Gasteiger partial charge in [0.1, 0.15) is 5.38 Å². The first-order valence-electron chi connectivity index (χ1n) is 8.16. The summed E-state index contributed by atoms with van der Waals surface area (Å²) in [6.07, 6.45) is 14.2. The van der Waals surface area contributed by atoms with Gasteiger partial charge in [-0.2, -0.15) is 0 Å².